The van der Waals surface area contributed by atoms with Crippen LogP contribution in [0.4, 0.5) is 16.0 Å². The van der Waals surface area contributed by atoms with Gasteiger partial charge in [0.05, 0.1) is 26.0 Å². The van der Waals surface area contributed by atoms with E-state index in [4.69, 9.17) is 9.47 Å². The number of hydrogen-bond donors (Lipinski definition) is 2. The number of nitrogens with one attached hydrogen (secondary N) is 2. The Bertz CT molecular complexity index is 986. The molecule has 0 saturated heterocycles. The van der Waals surface area contributed by atoms with Gasteiger partial charge >= 0.3 is 0 Å². The van der Waals surface area contributed by atoms with Crippen LogP contribution in [0.25, 0.3) is 16.8 Å². The van der Waals surface area contributed by atoms with Crippen molar-refractivity contribution < 1.29 is 13.9 Å². The van der Waals surface area contributed by atoms with Crippen molar-refractivity contribution in [2.45, 2.75) is 6.42 Å². The number of benzene rings is 1. The van der Waals surface area contributed by atoms with Crippen molar-refractivity contribution in [3.8, 4) is 17.0 Å². The molecule has 1 aromatic carbocycles. The summed E-state index contributed by atoms with van der Waals surface area (Å²) >= 11 is 0. The summed E-state index contributed by atoms with van der Waals surface area (Å²) in [5, 5.41) is 10.1. The summed E-state index contributed by atoms with van der Waals surface area (Å²) in [6.45, 7) is 1.25. The van der Waals surface area contributed by atoms with E-state index in [1.54, 1.807) is 30.5 Å². The zero-order valence-electron chi connectivity index (χ0n) is 14.7. The van der Waals surface area contributed by atoms with Gasteiger partial charge in [-0.05, 0) is 30.2 Å². The summed E-state index contributed by atoms with van der Waals surface area (Å²) in [4.78, 5) is 8.84. The Morgan fingerprint density at radius 1 is 1.22 bits per heavy atom. The molecule has 0 saturated carbocycles. The van der Waals surface area contributed by atoms with Gasteiger partial charge in [0, 0.05) is 23.9 Å². The number of nitrogens with zero attached hydrogens (tertiary/aromatic N) is 3. The third kappa shape index (κ3) is 3.80. The van der Waals surface area contributed by atoms with Gasteiger partial charge in [-0.3, -0.25) is 5.10 Å². The van der Waals surface area contributed by atoms with Gasteiger partial charge in [-0.2, -0.15) is 5.10 Å². The maximum Gasteiger partial charge on any atom is 0.157 e. The lowest BCUT2D eigenvalue weighted by molar-refractivity contribution is 0.161. The molecule has 4 rings (SSSR count). The van der Waals surface area contributed by atoms with Crippen molar-refractivity contribution in [2.24, 2.45) is 0 Å². The van der Waals surface area contributed by atoms with Crippen molar-refractivity contribution in [1.82, 2.24) is 20.2 Å². The summed E-state index contributed by atoms with van der Waals surface area (Å²) < 4.78 is 24.6. The van der Waals surface area contributed by atoms with Crippen LogP contribution in [-0.2, 0) is 4.74 Å². The smallest absolute Gasteiger partial charge is 0.157 e. The van der Waals surface area contributed by atoms with Crippen LogP contribution in [0.3, 0.4) is 0 Å². The van der Waals surface area contributed by atoms with Gasteiger partial charge in [0.15, 0.2) is 11.6 Å². The first kappa shape index (κ1) is 17.2. The first-order valence-corrected chi connectivity index (χ1v) is 8.49. The van der Waals surface area contributed by atoms with Crippen LogP contribution in [0, 0.1) is 5.82 Å². The quantitative estimate of drug-likeness (QED) is 0.717. The predicted octanol–water partition coefficient (Wildman–Crippen LogP) is 3.56. The number of aromatic amines is 1. The number of aromatic nitrogens is 4. The third-order valence-corrected chi connectivity index (χ3v) is 4.21. The highest BCUT2D eigenvalue weighted by molar-refractivity contribution is 5.67. The molecular formula is C19H18FN5O2. The van der Waals surface area contributed by atoms with Crippen LogP contribution in [0.15, 0.2) is 42.6 Å². The van der Waals surface area contributed by atoms with Gasteiger partial charge in [0.25, 0.3) is 0 Å². The largest absolute Gasteiger partial charge is 0.497 e. The standard InChI is InChI=1S/C19H18FN5O2/c1-26-13-2-3-14(15(20)10-13)16-11-18(25-24-16)22-17-4-7-21-19(23-17)12-5-8-27-9-6-12/h2-5,7,10-11H,6,8-9H2,1H3,(H2,21,22,23,24,25). The summed E-state index contributed by atoms with van der Waals surface area (Å²) in [5.41, 5.74) is 2.03. The molecule has 1 aliphatic heterocycles. The molecule has 3 heterocycles. The van der Waals surface area contributed by atoms with Crippen LogP contribution >= 0.6 is 0 Å². The Labute approximate surface area is 155 Å². The van der Waals surface area contributed by atoms with Crippen molar-refractivity contribution in [1.29, 1.82) is 0 Å². The lowest BCUT2D eigenvalue weighted by Crippen LogP contribution is -2.07. The van der Waals surface area contributed by atoms with E-state index in [2.05, 4.69) is 25.5 Å². The fraction of sp³-hybridized carbons (Fsp3) is 0.211. The average molecular weight is 367 g/mol. The fourth-order valence-electron chi connectivity index (χ4n) is 2.81. The number of methoxy groups -OCH3 is 1. The Balaban J connectivity index is 1.54. The molecule has 27 heavy (non-hydrogen) atoms. The number of ether oxygens (including phenoxy) is 2. The highest BCUT2D eigenvalue weighted by Crippen LogP contribution is 2.27. The molecule has 1 aliphatic rings. The van der Waals surface area contributed by atoms with Crippen molar-refractivity contribution in [3.05, 3.63) is 54.2 Å². The average Bonchev–Trinajstić information content (AvgIpc) is 3.17. The molecule has 2 N–H and O–H groups in total. The van der Waals surface area contributed by atoms with E-state index in [-0.39, 0.29) is 5.82 Å². The molecule has 138 valence electrons. The van der Waals surface area contributed by atoms with Crippen LogP contribution in [0.1, 0.15) is 12.2 Å². The zero-order chi connectivity index (χ0) is 18.6. The third-order valence-electron chi connectivity index (χ3n) is 4.21. The second kappa shape index (κ2) is 7.55. The van der Waals surface area contributed by atoms with Gasteiger partial charge in [0.1, 0.15) is 17.4 Å². The highest BCUT2D eigenvalue weighted by atomic mass is 19.1. The SMILES string of the molecule is COc1ccc(-c2cc(Nc3ccnc(C4=CCOCC4)n3)n[nH]2)c(F)c1. The second-order valence-electron chi connectivity index (χ2n) is 5.96. The van der Waals surface area contributed by atoms with E-state index >= 15 is 0 Å². The number of H-pyrrole nitrogens is 1. The lowest BCUT2D eigenvalue weighted by Gasteiger charge is -2.12. The van der Waals surface area contributed by atoms with E-state index in [0.717, 1.165) is 12.0 Å². The van der Waals surface area contributed by atoms with E-state index in [0.29, 0.717) is 47.7 Å². The van der Waals surface area contributed by atoms with Crippen LogP contribution in [0.5, 0.6) is 5.75 Å². The molecular weight excluding hydrogens is 349 g/mol. The monoisotopic (exact) mass is 367 g/mol. The number of halogens is 1. The van der Waals surface area contributed by atoms with Gasteiger partial charge in [-0.25, -0.2) is 14.4 Å². The number of hydrogen-bond acceptors (Lipinski definition) is 6. The van der Waals surface area contributed by atoms with Gasteiger partial charge in [-0.15, -0.1) is 0 Å². The number of rotatable bonds is 5. The van der Waals surface area contributed by atoms with Gasteiger partial charge < -0.3 is 14.8 Å². The predicted molar refractivity (Wildman–Crippen MR) is 99.3 cm³/mol. The van der Waals surface area contributed by atoms with Crippen LogP contribution in [0.2, 0.25) is 0 Å². The minimum atomic E-state index is -0.389. The zero-order valence-corrected chi connectivity index (χ0v) is 14.7. The van der Waals surface area contributed by atoms with Crippen molar-refractivity contribution in [2.75, 3.05) is 25.6 Å². The first-order valence-electron chi connectivity index (χ1n) is 8.49. The maximum atomic E-state index is 14.2. The normalized spacial score (nSPS) is 13.9. The summed E-state index contributed by atoms with van der Waals surface area (Å²) in [5.74, 6) is 1.89. The Morgan fingerprint density at radius 3 is 2.93 bits per heavy atom. The molecule has 0 amide bonds. The molecule has 0 spiro atoms. The van der Waals surface area contributed by atoms with E-state index in [9.17, 15) is 4.39 Å². The van der Waals surface area contributed by atoms with Crippen molar-refractivity contribution >= 4 is 17.2 Å². The number of anilines is 2. The summed E-state index contributed by atoms with van der Waals surface area (Å²) in [7, 11) is 1.50. The Kier molecular flexibility index (Phi) is 4.80. The highest BCUT2D eigenvalue weighted by Gasteiger charge is 2.12. The molecule has 0 aliphatic carbocycles. The van der Waals surface area contributed by atoms with E-state index < -0.39 is 0 Å². The molecule has 2 aromatic heterocycles. The molecule has 0 unspecified atom stereocenters. The molecule has 8 heteroatoms. The minimum Gasteiger partial charge on any atom is -0.497 e. The van der Waals surface area contributed by atoms with E-state index in [1.807, 2.05) is 6.08 Å². The molecule has 0 atom stereocenters. The van der Waals surface area contributed by atoms with Crippen molar-refractivity contribution in [3.63, 3.8) is 0 Å². The van der Waals surface area contributed by atoms with E-state index in [1.165, 1.54) is 13.2 Å². The summed E-state index contributed by atoms with van der Waals surface area (Å²) in [6, 6.07) is 8.16. The first-order chi connectivity index (χ1) is 13.2. The van der Waals surface area contributed by atoms with Gasteiger partial charge in [-0.1, -0.05) is 6.08 Å². The fourth-order valence-corrected chi connectivity index (χ4v) is 2.81. The Hall–Kier alpha value is -3.26. The molecule has 0 radical (unpaired) electrons. The summed E-state index contributed by atoms with van der Waals surface area (Å²) in [6.07, 6.45) is 4.46. The lowest BCUT2D eigenvalue weighted by atomic mass is 10.1. The van der Waals surface area contributed by atoms with Crippen LogP contribution in [-0.4, -0.2) is 40.5 Å². The molecule has 7 nitrogen and oxygen atoms in total. The Morgan fingerprint density at radius 2 is 2.15 bits per heavy atom. The molecule has 0 fully saturated rings. The second-order valence-corrected chi connectivity index (χ2v) is 5.96. The maximum absolute atomic E-state index is 14.2. The minimum absolute atomic E-state index is 0.389. The topological polar surface area (TPSA) is 84.9 Å². The van der Waals surface area contributed by atoms with Crippen LogP contribution < -0.4 is 10.1 Å². The van der Waals surface area contributed by atoms with Gasteiger partial charge in [0.2, 0.25) is 0 Å². The molecule has 3 aromatic rings. The molecule has 0 bridgehead atoms.